The van der Waals surface area contributed by atoms with E-state index in [1.54, 1.807) is 18.1 Å². The van der Waals surface area contributed by atoms with E-state index in [1.165, 1.54) is 11.3 Å². The minimum atomic E-state index is -0.776. The average Bonchev–Trinajstić information content (AvgIpc) is 3.25. The minimum absolute atomic E-state index is 0.210. The van der Waals surface area contributed by atoms with Crippen LogP contribution in [-0.4, -0.2) is 46.7 Å². The van der Waals surface area contributed by atoms with Gasteiger partial charge in [0.1, 0.15) is 5.01 Å². The van der Waals surface area contributed by atoms with Crippen LogP contribution in [0.15, 0.2) is 22.8 Å². The van der Waals surface area contributed by atoms with Crippen molar-refractivity contribution in [1.29, 1.82) is 0 Å². The molecular formula is C15H17N3O4S. The molecule has 0 aliphatic carbocycles. The Balaban J connectivity index is 1.59. The van der Waals surface area contributed by atoms with Crippen LogP contribution >= 0.6 is 11.3 Å². The molecule has 3 heterocycles. The van der Waals surface area contributed by atoms with Crippen molar-refractivity contribution in [3.8, 4) is 10.8 Å². The van der Waals surface area contributed by atoms with Gasteiger partial charge in [-0.2, -0.15) is 0 Å². The van der Waals surface area contributed by atoms with Crippen LogP contribution in [-0.2, 0) is 14.3 Å². The fraction of sp³-hybridized carbons (Fsp3) is 0.467. The molecule has 0 N–H and O–H groups in total. The highest BCUT2D eigenvalue weighted by molar-refractivity contribution is 7.14. The van der Waals surface area contributed by atoms with Crippen LogP contribution in [0.3, 0.4) is 0 Å². The van der Waals surface area contributed by atoms with Gasteiger partial charge >= 0.3 is 11.9 Å². The van der Waals surface area contributed by atoms with Gasteiger partial charge in [0, 0.05) is 19.0 Å². The summed E-state index contributed by atoms with van der Waals surface area (Å²) >= 11 is 1.51. The number of amides is 1. The molecule has 3 rings (SSSR count). The molecule has 1 fully saturated rings. The van der Waals surface area contributed by atoms with Gasteiger partial charge in [-0.05, 0) is 31.9 Å². The van der Waals surface area contributed by atoms with Crippen LogP contribution in [0.2, 0.25) is 0 Å². The van der Waals surface area contributed by atoms with Crippen molar-refractivity contribution in [3.63, 3.8) is 0 Å². The van der Waals surface area contributed by atoms with E-state index in [0.29, 0.717) is 18.8 Å². The van der Waals surface area contributed by atoms with Gasteiger partial charge in [-0.15, -0.1) is 10.2 Å². The van der Waals surface area contributed by atoms with E-state index < -0.39 is 11.9 Å². The number of esters is 1. The van der Waals surface area contributed by atoms with Gasteiger partial charge in [0.2, 0.25) is 0 Å². The van der Waals surface area contributed by atoms with Crippen molar-refractivity contribution in [2.75, 3.05) is 19.7 Å². The molecule has 7 nitrogen and oxygen atoms in total. The summed E-state index contributed by atoms with van der Waals surface area (Å²) in [6, 6.07) is 3.67. The van der Waals surface area contributed by atoms with Crippen LogP contribution in [0.5, 0.6) is 0 Å². The first-order valence-corrected chi connectivity index (χ1v) is 8.34. The molecule has 1 aliphatic heterocycles. The fourth-order valence-corrected chi connectivity index (χ4v) is 3.53. The molecule has 0 bridgehead atoms. The van der Waals surface area contributed by atoms with Gasteiger partial charge in [-0.1, -0.05) is 11.3 Å². The lowest BCUT2D eigenvalue weighted by Crippen LogP contribution is -2.42. The maximum Gasteiger partial charge on any atom is 0.397 e. The molecule has 0 unspecified atom stereocenters. The van der Waals surface area contributed by atoms with Crippen LogP contribution in [0.1, 0.15) is 30.7 Å². The lowest BCUT2D eigenvalue weighted by atomic mass is 9.97. The molecule has 1 aliphatic rings. The molecule has 2 aromatic rings. The number of nitrogens with zero attached hydrogens (tertiary/aromatic N) is 3. The number of rotatable bonds is 3. The van der Waals surface area contributed by atoms with Gasteiger partial charge < -0.3 is 14.1 Å². The number of likely N-dealkylation sites (tertiary alicyclic amines) is 1. The molecule has 2 aromatic heterocycles. The number of hydrogen-bond acceptors (Lipinski definition) is 7. The van der Waals surface area contributed by atoms with Crippen molar-refractivity contribution in [2.45, 2.75) is 25.7 Å². The Morgan fingerprint density at radius 1 is 1.39 bits per heavy atom. The number of hydrogen-bond donors (Lipinski definition) is 0. The third-order valence-electron chi connectivity index (χ3n) is 3.75. The number of carbonyl (C=O) groups is 2. The number of piperidine rings is 1. The second-order valence-corrected chi connectivity index (χ2v) is 6.22. The van der Waals surface area contributed by atoms with Gasteiger partial charge in [0.05, 0.1) is 12.9 Å². The Labute approximate surface area is 137 Å². The average molecular weight is 335 g/mol. The second kappa shape index (κ2) is 6.91. The Kier molecular flexibility index (Phi) is 4.71. The summed E-state index contributed by atoms with van der Waals surface area (Å²) < 4.78 is 10.1. The summed E-state index contributed by atoms with van der Waals surface area (Å²) in [5.74, 6) is -0.369. The first-order valence-electron chi connectivity index (χ1n) is 7.52. The first kappa shape index (κ1) is 15.7. The van der Waals surface area contributed by atoms with E-state index in [2.05, 4.69) is 10.2 Å². The van der Waals surface area contributed by atoms with E-state index in [4.69, 9.17) is 9.15 Å². The SMILES string of the molecule is CCOC(=O)C(=O)N1CCC(c2nnc(-c3ccco3)s2)CC1. The third kappa shape index (κ3) is 3.42. The summed E-state index contributed by atoms with van der Waals surface area (Å²) in [5.41, 5.74) is 0. The molecule has 8 heteroatoms. The third-order valence-corrected chi connectivity index (χ3v) is 4.85. The highest BCUT2D eigenvalue weighted by Crippen LogP contribution is 2.33. The molecule has 0 spiro atoms. The summed E-state index contributed by atoms with van der Waals surface area (Å²) in [7, 11) is 0. The maximum atomic E-state index is 11.9. The summed E-state index contributed by atoms with van der Waals surface area (Å²) in [6.45, 7) is 2.95. The van der Waals surface area contributed by atoms with Crippen molar-refractivity contribution >= 4 is 23.2 Å². The standard InChI is InChI=1S/C15H17N3O4S/c1-2-21-15(20)14(19)18-7-5-10(6-8-18)12-16-17-13(23-12)11-4-3-9-22-11/h3-4,9-10H,2,5-8H2,1H3. The minimum Gasteiger partial charge on any atom is -0.462 e. The number of ether oxygens (including phenoxy) is 1. The second-order valence-electron chi connectivity index (χ2n) is 5.21. The molecule has 122 valence electrons. The summed E-state index contributed by atoms with van der Waals surface area (Å²) in [5, 5.41) is 10.1. The van der Waals surface area contributed by atoms with Crippen LogP contribution in [0.25, 0.3) is 10.8 Å². The molecule has 1 amide bonds. The zero-order valence-corrected chi connectivity index (χ0v) is 13.5. The lowest BCUT2D eigenvalue weighted by Gasteiger charge is -2.30. The number of furan rings is 1. The molecule has 0 saturated carbocycles. The largest absolute Gasteiger partial charge is 0.462 e. The zero-order chi connectivity index (χ0) is 16.2. The molecular weight excluding hydrogens is 318 g/mol. The topological polar surface area (TPSA) is 85.5 Å². The quantitative estimate of drug-likeness (QED) is 0.630. The predicted molar refractivity (Wildman–Crippen MR) is 82.8 cm³/mol. The Morgan fingerprint density at radius 2 is 2.17 bits per heavy atom. The Hall–Kier alpha value is -2.22. The van der Waals surface area contributed by atoms with Crippen molar-refractivity contribution in [3.05, 3.63) is 23.4 Å². The summed E-state index contributed by atoms with van der Waals surface area (Å²) in [6.07, 6.45) is 3.13. The highest BCUT2D eigenvalue weighted by atomic mass is 32.1. The van der Waals surface area contributed by atoms with E-state index in [9.17, 15) is 9.59 Å². The van der Waals surface area contributed by atoms with E-state index in [0.717, 1.165) is 22.9 Å². The maximum absolute atomic E-state index is 11.9. The van der Waals surface area contributed by atoms with E-state index in [-0.39, 0.29) is 12.5 Å². The van der Waals surface area contributed by atoms with Gasteiger partial charge in [-0.3, -0.25) is 4.79 Å². The van der Waals surface area contributed by atoms with Crippen LogP contribution in [0, 0.1) is 0 Å². The van der Waals surface area contributed by atoms with Crippen molar-refractivity contribution in [1.82, 2.24) is 15.1 Å². The predicted octanol–water partition coefficient (Wildman–Crippen LogP) is 2.07. The van der Waals surface area contributed by atoms with Crippen LogP contribution in [0.4, 0.5) is 0 Å². The highest BCUT2D eigenvalue weighted by Gasteiger charge is 2.30. The van der Waals surface area contributed by atoms with Crippen LogP contribution < -0.4 is 0 Å². The van der Waals surface area contributed by atoms with Gasteiger partial charge in [0.25, 0.3) is 0 Å². The Bertz CT molecular complexity index is 675. The number of aromatic nitrogens is 2. The van der Waals surface area contributed by atoms with E-state index >= 15 is 0 Å². The van der Waals surface area contributed by atoms with Gasteiger partial charge in [-0.25, -0.2) is 4.79 Å². The smallest absolute Gasteiger partial charge is 0.397 e. The van der Waals surface area contributed by atoms with Crippen molar-refractivity contribution in [2.24, 2.45) is 0 Å². The zero-order valence-electron chi connectivity index (χ0n) is 12.7. The molecule has 0 radical (unpaired) electrons. The first-order chi connectivity index (χ1) is 11.2. The molecule has 0 aromatic carbocycles. The Morgan fingerprint density at radius 3 is 2.83 bits per heavy atom. The normalized spacial score (nSPS) is 15.6. The number of carbonyl (C=O) groups excluding carboxylic acids is 2. The van der Waals surface area contributed by atoms with E-state index in [1.807, 2.05) is 12.1 Å². The summed E-state index contributed by atoms with van der Waals surface area (Å²) in [4.78, 5) is 24.9. The van der Waals surface area contributed by atoms with Gasteiger partial charge in [0.15, 0.2) is 10.8 Å². The molecule has 1 saturated heterocycles. The molecule has 23 heavy (non-hydrogen) atoms. The molecule has 0 atom stereocenters. The fourth-order valence-electron chi connectivity index (χ4n) is 2.55. The lowest BCUT2D eigenvalue weighted by molar-refractivity contribution is -0.160. The monoisotopic (exact) mass is 335 g/mol. The van der Waals surface area contributed by atoms with Crippen molar-refractivity contribution < 1.29 is 18.7 Å².